The Balaban J connectivity index is 1.92. The van der Waals surface area contributed by atoms with Crippen molar-refractivity contribution in [2.75, 3.05) is 26.7 Å². The van der Waals surface area contributed by atoms with Crippen LogP contribution in [0.3, 0.4) is 0 Å². The molecular weight excluding hydrogens is 376 g/mol. The summed E-state index contributed by atoms with van der Waals surface area (Å²) in [4.78, 5) is 28.8. The van der Waals surface area contributed by atoms with Gasteiger partial charge in [0.25, 0.3) is 5.91 Å². The van der Waals surface area contributed by atoms with Gasteiger partial charge in [-0.3, -0.25) is 9.59 Å². The molecule has 2 aromatic carbocycles. The molecule has 0 saturated carbocycles. The summed E-state index contributed by atoms with van der Waals surface area (Å²) in [6, 6.07) is 16.0. The molecule has 0 unspecified atom stereocenters. The lowest BCUT2D eigenvalue weighted by molar-refractivity contribution is -0.134. The van der Waals surface area contributed by atoms with E-state index < -0.39 is 0 Å². The molecule has 0 N–H and O–H groups in total. The first-order chi connectivity index (χ1) is 14.4. The molecule has 1 heterocycles. The normalized spacial score (nSPS) is 15.6. The lowest BCUT2D eigenvalue weighted by atomic mass is 9.87. The van der Waals surface area contributed by atoms with Gasteiger partial charge in [0.1, 0.15) is 5.75 Å². The van der Waals surface area contributed by atoms with Crippen molar-refractivity contribution in [1.29, 1.82) is 0 Å². The van der Waals surface area contributed by atoms with Crippen LogP contribution in [0.2, 0.25) is 0 Å². The Bertz CT molecular complexity index is 879. The lowest BCUT2D eigenvalue weighted by Crippen LogP contribution is -2.41. The highest BCUT2D eigenvalue weighted by Gasteiger charge is 2.32. The zero-order chi connectivity index (χ0) is 21.7. The van der Waals surface area contributed by atoms with E-state index in [-0.39, 0.29) is 24.5 Å². The molecule has 5 heteroatoms. The Kier molecular flexibility index (Phi) is 7.14. The second-order valence-electron chi connectivity index (χ2n) is 8.31. The monoisotopic (exact) mass is 408 g/mol. The number of hydrogen-bond acceptors (Lipinski definition) is 3. The fraction of sp³-hybridized carbons (Fsp3) is 0.440. The van der Waals surface area contributed by atoms with Crippen LogP contribution in [0.1, 0.15) is 49.9 Å². The quantitative estimate of drug-likeness (QED) is 0.694. The van der Waals surface area contributed by atoms with E-state index in [1.807, 2.05) is 42.2 Å². The highest BCUT2D eigenvalue weighted by atomic mass is 16.5. The third kappa shape index (κ3) is 5.02. The highest BCUT2D eigenvalue weighted by molar-refractivity contribution is 5.78. The highest BCUT2D eigenvalue weighted by Crippen LogP contribution is 2.37. The number of amides is 2. The number of likely N-dealkylation sites (N-methyl/N-ethyl adjacent to an activating group) is 1. The van der Waals surface area contributed by atoms with Gasteiger partial charge in [0.05, 0.1) is 6.04 Å². The van der Waals surface area contributed by atoms with Gasteiger partial charge >= 0.3 is 0 Å². The summed E-state index contributed by atoms with van der Waals surface area (Å²) in [5.74, 6) is 1.09. The van der Waals surface area contributed by atoms with Gasteiger partial charge in [0.15, 0.2) is 6.61 Å². The molecule has 0 saturated heterocycles. The van der Waals surface area contributed by atoms with Gasteiger partial charge in [-0.25, -0.2) is 0 Å². The van der Waals surface area contributed by atoms with Crippen molar-refractivity contribution in [2.24, 2.45) is 5.92 Å². The molecule has 2 amide bonds. The molecule has 0 radical (unpaired) electrons. The first-order valence-electron chi connectivity index (χ1n) is 10.7. The molecule has 160 valence electrons. The van der Waals surface area contributed by atoms with E-state index in [1.165, 1.54) is 5.56 Å². The molecule has 0 aliphatic carbocycles. The minimum Gasteiger partial charge on any atom is -0.484 e. The van der Waals surface area contributed by atoms with Crippen LogP contribution in [-0.2, 0) is 16.0 Å². The largest absolute Gasteiger partial charge is 0.484 e. The van der Waals surface area contributed by atoms with Crippen LogP contribution in [0.4, 0.5) is 0 Å². The zero-order valence-electron chi connectivity index (χ0n) is 18.4. The first kappa shape index (κ1) is 21.9. The maximum atomic E-state index is 13.1. The number of rotatable bonds is 7. The van der Waals surface area contributed by atoms with Crippen LogP contribution in [0.5, 0.6) is 5.75 Å². The van der Waals surface area contributed by atoms with Crippen molar-refractivity contribution in [3.8, 4) is 5.75 Å². The minimum absolute atomic E-state index is 0.00905. The lowest BCUT2D eigenvalue weighted by Gasteiger charge is -2.38. The molecular formula is C25H32N2O3. The van der Waals surface area contributed by atoms with Gasteiger partial charge < -0.3 is 14.5 Å². The van der Waals surface area contributed by atoms with Crippen molar-refractivity contribution in [1.82, 2.24) is 9.80 Å². The van der Waals surface area contributed by atoms with Crippen molar-refractivity contribution in [3.05, 3.63) is 65.2 Å². The molecule has 1 atom stereocenters. The Morgan fingerprint density at radius 3 is 2.57 bits per heavy atom. The van der Waals surface area contributed by atoms with E-state index in [2.05, 4.69) is 32.0 Å². The SMILES string of the molecule is CCN(C)C(=O)COc1ccc2c(c1)[C@H](c1ccccc1)N(C(=O)CC(C)C)CC2. The Hall–Kier alpha value is -2.82. The third-order valence-corrected chi connectivity index (χ3v) is 5.63. The van der Waals surface area contributed by atoms with Crippen molar-refractivity contribution < 1.29 is 14.3 Å². The zero-order valence-corrected chi connectivity index (χ0v) is 18.4. The Morgan fingerprint density at radius 1 is 1.17 bits per heavy atom. The van der Waals surface area contributed by atoms with Crippen molar-refractivity contribution >= 4 is 11.8 Å². The molecule has 0 fully saturated rings. The number of nitrogens with zero attached hydrogens (tertiary/aromatic N) is 2. The number of carbonyl (C=O) groups is 2. The summed E-state index contributed by atoms with van der Waals surface area (Å²) >= 11 is 0. The molecule has 0 spiro atoms. The summed E-state index contributed by atoms with van der Waals surface area (Å²) in [7, 11) is 1.77. The molecule has 5 nitrogen and oxygen atoms in total. The van der Waals surface area contributed by atoms with Crippen LogP contribution in [-0.4, -0.2) is 48.4 Å². The van der Waals surface area contributed by atoms with Crippen LogP contribution in [0, 0.1) is 5.92 Å². The van der Waals surface area contributed by atoms with Gasteiger partial charge in [-0.15, -0.1) is 0 Å². The van der Waals surface area contributed by atoms with E-state index in [1.54, 1.807) is 11.9 Å². The van der Waals surface area contributed by atoms with Crippen LogP contribution < -0.4 is 4.74 Å². The number of benzene rings is 2. The van der Waals surface area contributed by atoms with Gasteiger partial charge in [-0.2, -0.15) is 0 Å². The van der Waals surface area contributed by atoms with E-state index in [0.29, 0.717) is 31.2 Å². The van der Waals surface area contributed by atoms with Gasteiger partial charge in [-0.05, 0) is 48.1 Å². The molecule has 1 aliphatic heterocycles. The fourth-order valence-electron chi connectivity index (χ4n) is 3.84. The first-order valence-corrected chi connectivity index (χ1v) is 10.7. The predicted molar refractivity (Wildman–Crippen MR) is 118 cm³/mol. The molecule has 0 aromatic heterocycles. The van der Waals surface area contributed by atoms with E-state index in [0.717, 1.165) is 17.5 Å². The van der Waals surface area contributed by atoms with Crippen LogP contribution in [0.25, 0.3) is 0 Å². The minimum atomic E-state index is -0.140. The number of carbonyl (C=O) groups excluding carboxylic acids is 2. The molecule has 2 aromatic rings. The van der Waals surface area contributed by atoms with Gasteiger partial charge in [-0.1, -0.05) is 50.2 Å². The standard InChI is InChI=1S/C25H32N2O3/c1-5-26(4)24(29)17-30-21-12-11-19-13-14-27(23(28)15-18(2)3)25(22(19)16-21)20-9-7-6-8-10-20/h6-12,16,18,25H,5,13-15,17H2,1-4H3/t25-/m0/s1. The second-order valence-corrected chi connectivity index (χ2v) is 8.31. The average Bonchev–Trinajstić information content (AvgIpc) is 2.75. The third-order valence-electron chi connectivity index (χ3n) is 5.63. The number of ether oxygens (including phenoxy) is 1. The summed E-state index contributed by atoms with van der Waals surface area (Å²) < 4.78 is 5.81. The van der Waals surface area contributed by atoms with Crippen LogP contribution >= 0.6 is 0 Å². The summed E-state index contributed by atoms with van der Waals surface area (Å²) in [6.07, 6.45) is 1.35. The smallest absolute Gasteiger partial charge is 0.260 e. The van der Waals surface area contributed by atoms with Crippen molar-refractivity contribution in [3.63, 3.8) is 0 Å². The van der Waals surface area contributed by atoms with Gasteiger partial charge in [0, 0.05) is 26.6 Å². The molecule has 30 heavy (non-hydrogen) atoms. The molecule has 3 rings (SSSR count). The maximum absolute atomic E-state index is 13.1. The van der Waals surface area contributed by atoms with E-state index in [4.69, 9.17) is 4.74 Å². The maximum Gasteiger partial charge on any atom is 0.260 e. The summed E-state index contributed by atoms with van der Waals surface area (Å²) in [6.45, 7) is 7.44. The van der Waals surface area contributed by atoms with Crippen LogP contribution in [0.15, 0.2) is 48.5 Å². The predicted octanol–water partition coefficient (Wildman–Crippen LogP) is 4.06. The summed E-state index contributed by atoms with van der Waals surface area (Å²) in [5.41, 5.74) is 3.40. The molecule has 0 bridgehead atoms. The van der Waals surface area contributed by atoms with E-state index in [9.17, 15) is 9.59 Å². The number of hydrogen-bond donors (Lipinski definition) is 0. The topological polar surface area (TPSA) is 49.9 Å². The molecule has 1 aliphatic rings. The Labute approximate surface area is 179 Å². The average molecular weight is 409 g/mol. The van der Waals surface area contributed by atoms with Gasteiger partial charge in [0.2, 0.25) is 5.91 Å². The van der Waals surface area contributed by atoms with E-state index >= 15 is 0 Å². The van der Waals surface area contributed by atoms with Crippen molar-refractivity contribution in [2.45, 2.75) is 39.7 Å². The second kappa shape index (κ2) is 9.79. The fourth-order valence-corrected chi connectivity index (χ4v) is 3.84. The summed E-state index contributed by atoms with van der Waals surface area (Å²) in [5, 5.41) is 0. The number of fused-ring (bicyclic) bond motifs is 1. The Morgan fingerprint density at radius 2 is 1.90 bits per heavy atom.